The topological polar surface area (TPSA) is 70.7 Å². The number of morpholine rings is 1. The molecule has 2 amide bonds. The van der Waals surface area contributed by atoms with Crippen molar-refractivity contribution in [2.45, 2.75) is 6.54 Å². The van der Waals surface area contributed by atoms with Crippen LogP contribution in [0, 0.1) is 0 Å². The van der Waals surface area contributed by atoms with E-state index in [2.05, 4.69) is 10.6 Å². The molecule has 0 aromatic heterocycles. The fourth-order valence-corrected chi connectivity index (χ4v) is 3.46. The Bertz CT molecular complexity index is 1030. The lowest BCUT2D eigenvalue weighted by Crippen LogP contribution is -2.40. The van der Waals surface area contributed by atoms with Gasteiger partial charge in [0.05, 0.1) is 24.5 Å². The Morgan fingerprint density at radius 1 is 0.839 bits per heavy atom. The van der Waals surface area contributed by atoms with Gasteiger partial charge in [0, 0.05) is 30.9 Å². The van der Waals surface area contributed by atoms with Crippen LogP contribution in [0.1, 0.15) is 26.3 Å². The maximum absolute atomic E-state index is 12.8. The molecule has 0 spiro atoms. The molecule has 0 bridgehead atoms. The van der Waals surface area contributed by atoms with Gasteiger partial charge in [0.15, 0.2) is 0 Å². The van der Waals surface area contributed by atoms with Gasteiger partial charge < -0.3 is 20.3 Å². The number of ether oxygens (including phenoxy) is 1. The molecule has 2 N–H and O–H groups in total. The summed E-state index contributed by atoms with van der Waals surface area (Å²) in [6, 6.07) is 24.5. The zero-order chi connectivity index (χ0) is 21.5. The summed E-state index contributed by atoms with van der Waals surface area (Å²) in [5, 5.41) is 6.25. The number of hydrogen-bond acceptors (Lipinski definition) is 4. The number of carbonyl (C=O) groups excluding carboxylic acids is 2. The maximum atomic E-state index is 12.8. The van der Waals surface area contributed by atoms with E-state index >= 15 is 0 Å². The molecule has 1 fully saturated rings. The third kappa shape index (κ3) is 5.29. The Kier molecular flexibility index (Phi) is 6.59. The van der Waals surface area contributed by atoms with Gasteiger partial charge in [0.1, 0.15) is 0 Å². The van der Waals surface area contributed by atoms with Gasteiger partial charge in [0.25, 0.3) is 11.8 Å². The maximum Gasteiger partial charge on any atom is 0.254 e. The Balaban J connectivity index is 1.37. The summed E-state index contributed by atoms with van der Waals surface area (Å²) in [5.74, 6) is -0.146. The first-order valence-corrected chi connectivity index (χ1v) is 10.4. The molecular formula is C25H25N3O3. The second kappa shape index (κ2) is 9.91. The van der Waals surface area contributed by atoms with Crippen molar-refractivity contribution < 1.29 is 14.3 Å². The average Bonchev–Trinajstić information content (AvgIpc) is 2.84. The standard InChI is InChI=1S/C25H25N3O3/c29-24(22-8-4-5-9-23(22)27-21-6-2-1-3-7-21)26-18-19-10-12-20(13-11-19)25(30)28-14-16-31-17-15-28/h1-13,27H,14-18H2,(H,26,29). The summed E-state index contributed by atoms with van der Waals surface area (Å²) in [6.07, 6.45) is 0. The average molecular weight is 415 g/mol. The van der Waals surface area contributed by atoms with E-state index < -0.39 is 0 Å². The molecule has 6 nitrogen and oxygen atoms in total. The number of anilines is 2. The van der Waals surface area contributed by atoms with Gasteiger partial charge in [-0.25, -0.2) is 0 Å². The molecule has 1 aliphatic rings. The molecule has 0 aliphatic carbocycles. The van der Waals surface area contributed by atoms with Crippen LogP contribution < -0.4 is 10.6 Å². The summed E-state index contributed by atoms with van der Waals surface area (Å²) < 4.78 is 5.30. The van der Waals surface area contributed by atoms with Gasteiger partial charge in [-0.05, 0) is 42.0 Å². The van der Waals surface area contributed by atoms with Crippen molar-refractivity contribution in [1.82, 2.24) is 10.2 Å². The van der Waals surface area contributed by atoms with Crippen LogP contribution in [0.3, 0.4) is 0 Å². The molecule has 4 rings (SSSR count). The number of benzene rings is 3. The first-order chi connectivity index (χ1) is 15.2. The zero-order valence-electron chi connectivity index (χ0n) is 17.2. The molecule has 158 valence electrons. The fourth-order valence-electron chi connectivity index (χ4n) is 3.46. The van der Waals surface area contributed by atoms with Gasteiger partial charge in [0.2, 0.25) is 0 Å². The van der Waals surface area contributed by atoms with Crippen molar-refractivity contribution >= 4 is 23.2 Å². The molecule has 31 heavy (non-hydrogen) atoms. The molecular weight excluding hydrogens is 390 g/mol. The van der Waals surface area contributed by atoms with E-state index in [0.29, 0.717) is 44.0 Å². The fraction of sp³-hybridized carbons (Fsp3) is 0.200. The van der Waals surface area contributed by atoms with Gasteiger partial charge in [-0.2, -0.15) is 0 Å². The largest absolute Gasteiger partial charge is 0.378 e. The minimum Gasteiger partial charge on any atom is -0.378 e. The van der Waals surface area contributed by atoms with Crippen LogP contribution in [-0.4, -0.2) is 43.0 Å². The Hall–Kier alpha value is -3.64. The molecule has 0 atom stereocenters. The first-order valence-electron chi connectivity index (χ1n) is 10.4. The van der Waals surface area contributed by atoms with E-state index in [1.807, 2.05) is 72.8 Å². The van der Waals surface area contributed by atoms with Gasteiger partial charge in [-0.15, -0.1) is 0 Å². The van der Waals surface area contributed by atoms with E-state index in [9.17, 15) is 9.59 Å². The highest BCUT2D eigenvalue weighted by Crippen LogP contribution is 2.20. The van der Waals surface area contributed by atoms with Crippen molar-refractivity contribution in [2.24, 2.45) is 0 Å². The Morgan fingerprint density at radius 3 is 2.26 bits per heavy atom. The summed E-state index contributed by atoms with van der Waals surface area (Å²) >= 11 is 0. The molecule has 1 aliphatic heterocycles. The van der Waals surface area contributed by atoms with Crippen LogP contribution in [0.25, 0.3) is 0 Å². The highest BCUT2D eigenvalue weighted by atomic mass is 16.5. The van der Waals surface area contributed by atoms with Crippen LogP contribution in [0.2, 0.25) is 0 Å². The summed E-state index contributed by atoms with van der Waals surface area (Å²) in [6.45, 7) is 2.78. The van der Waals surface area contributed by atoms with E-state index in [-0.39, 0.29) is 11.8 Å². The second-order valence-electron chi connectivity index (χ2n) is 7.32. The number of nitrogens with zero attached hydrogens (tertiary/aromatic N) is 1. The molecule has 0 unspecified atom stereocenters. The molecule has 6 heteroatoms. The normalized spacial score (nSPS) is 13.5. The number of nitrogens with one attached hydrogen (secondary N) is 2. The zero-order valence-corrected chi connectivity index (χ0v) is 17.2. The minimum atomic E-state index is -0.160. The van der Waals surface area contributed by atoms with Crippen molar-refractivity contribution in [3.8, 4) is 0 Å². The van der Waals surface area contributed by atoms with Crippen molar-refractivity contribution in [3.63, 3.8) is 0 Å². The summed E-state index contributed by atoms with van der Waals surface area (Å²) in [5.41, 5.74) is 3.82. The smallest absolute Gasteiger partial charge is 0.254 e. The molecule has 3 aromatic rings. The van der Waals surface area contributed by atoms with E-state index in [1.165, 1.54) is 0 Å². The molecule has 0 saturated carbocycles. The van der Waals surface area contributed by atoms with Gasteiger partial charge in [-0.1, -0.05) is 42.5 Å². The molecule has 0 radical (unpaired) electrons. The lowest BCUT2D eigenvalue weighted by atomic mass is 10.1. The van der Waals surface area contributed by atoms with E-state index in [0.717, 1.165) is 16.9 Å². The quantitative estimate of drug-likeness (QED) is 0.642. The predicted octanol–water partition coefficient (Wildman–Crippen LogP) is 3.83. The lowest BCUT2D eigenvalue weighted by Gasteiger charge is -2.26. The molecule has 3 aromatic carbocycles. The first kappa shape index (κ1) is 20.6. The van der Waals surface area contributed by atoms with Crippen LogP contribution in [0.5, 0.6) is 0 Å². The third-order valence-electron chi connectivity index (χ3n) is 5.18. The highest BCUT2D eigenvalue weighted by Gasteiger charge is 2.18. The van der Waals surface area contributed by atoms with Crippen LogP contribution >= 0.6 is 0 Å². The SMILES string of the molecule is O=C(NCc1ccc(C(=O)N2CCOCC2)cc1)c1ccccc1Nc1ccccc1. The predicted molar refractivity (Wildman–Crippen MR) is 121 cm³/mol. The molecule has 1 saturated heterocycles. The minimum absolute atomic E-state index is 0.0137. The lowest BCUT2D eigenvalue weighted by molar-refractivity contribution is 0.0303. The van der Waals surface area contributed by atoms with E-state index in [1.54, 1.807) is 11.0 Å². The van der Waals surface area contributed by atoms with E-state index in [4.69, 9.17) is 4.74 Å². The Morgan fingerprint density at radius 2 is 1.52 bits per heavy atom. The number of rotatable bonds is 6. The monoisotopic (exact) mass is 415 g/mol. The Labute approximate surface area is 181 Å². The number of carbonyl (C=O) groups is 2. The van der Waals surface area contributed by atoms with Crippen molar-refractivity contribution in [2.75, 3.05) is 31.6 Å². The number of para-hydroxylation sites is 2. The number of hydrogen-bond donors (Lipinski definition) is 2. The van der Waals surface area contributed by atoms with Gasteiger partial charge in [-0.3, -0.25) is 9.59 Å². The van der Waals surface area contributed by atoms with Crippen molar-refractivity contribution in [1.29, 1.82) is 0 Å². The molecule has 1 heterocycles. The number of amides is 2. The van der Waals surface area contributed by atoms with Crippen LogP contribution in [0.4, 0.5) is 11.4 Å². The summed E-state index contributed by atoms with van der Waals surface area (Å²) in [7, 11) is 0. The summed E-state index contributed by atoms with van der Waals surface area (Å²) in [4.78, 5) is 27.1. The third-order valence-corrected chi connectivity index (χ3v) is 5.18. The highest BCUT2D eigenvalue weighted by molar-refractivity contribution is 6.00. The van der Waals surface area contributed by atoms with Crippen LogP contribution in [0.15, 0.2) is 78.9 Å². The second-order valence-corrected chi connectivity index (χ2v) is 7.32. The van der Waals surface area contributed by atoms with Crippen LogP contribution in [-0.2, 0) is 11.3 Å². The van der Waals surface area contributed by atoms with Gasteiger partial charge >= 0.3 is 0 Å². The van der Waals surface area contributed by atoms with Crippen molar-refractivity contribution in [3.05, 3.63) is 95.6 Å².